The van der Waals surface area contributed by atoms with Gasteiger partial charge in [-0.2, -0.15) is 12.7 Å². The Morgan fingerprint density at radius 3 is 2.44 bits per heavy atom. The van der Waals surface area contributed by atoms with E-state index in [1.54, 1.807) is 23.7 Å². The van der Waals surface area contributed by atoms with Gasteiger partial charge >= 0.3 is 0 Å². The van der Waals surface area contributed by atoms with Crippen LogP contribution in [0.4, 0.5) is 5.95 Å². The molecule has 2 heterocycles. The van der Waals surface area contributed by atoms with E-state index in [1.807, 2.05) is 6.07 Å². The van der Waals surface area contributed by atoms with Crippen molar-refractivity contribution in [2.24, 2.45) is 0 Å². The van der Waals surface area contributed by atoms with Crippen molar-refractivity contribution in [3.8, 4) is 0 Å². The molecule has 9 heteroatoms. The Hall–Kier alpha value is -1.29. The van der Waals surface area contributed by atoms with Gasteiger partial charge in [0.25, 0.3) is 10.2 Å². The van der Waals surface area contributed by atoms with Gasteiger partial charge in [0.05, 0.1) is 0 Å². The number of hydrogen-bond donors (Lipinski definition) is 1. The number of hydrogen-bond acceptors (Lipinski definition) is 6. The lowest BCUT2D eigenvalue weighted by Gasteiger charge is -2.34. The summed E-state index contributed by atoms with van der Waals surface area (Å²) in [5, 5.41) is 0. The molecule has 0 unspecified atom stereocenters. The molecule has 1 aromatic heterocycles. The normalized spacial score (nSPS) is 20.3. The van der Waals surface area contributed by atoms with E-state index in [4.69, 9.17) is 0 Å². The SMILES string of the molecule is CN(C1CCCCC1)S(=O)(=O)NCCCN1CCN(c2ncccn2)CC1. The van der Waals surface area contributed by atoms with Gasteiger partial charge in [-0.25, -0.2) is 14.7 Å². The second-order valence-electron chi connectivity index (χ2n) is 7.44. The molecule has 0 bridgehead atoms. The van der Waals surface area contributed by atoms with E-state index >= 15 is 0 Å². The molecule has 3 rings (SSSR count). The molecule has 0 radical (unpaired) electrons. The number of piperazine rings is 1. The van der Waals surface area contributed by atoms with E-state index in [0.717, 1.165) is 70.8 Å². The molecule has 0 spiro atoms. The van der Waals surface area contributed by atoms with Crippen molar-refractivity contribution in [2.45, 2.75) is 44.6 Å². The molecule has 0 atom stereocenters. The molecule has 8 nitrogen and oxygen atoms in total. The number of nitrogens with one attached hydrogen (secondary N) is 1. The number of aromatic nitrogens is 2. The summed E-state index contributed by atoms with van der Waals surface area (Å²) in [4.78, 5) is 13.2. The number of rotatable bonds is 8. The van der Waals surface area contributed by atoms with Crippen molar-refractivity contribution in [1.82, 2.24) is 23.9 Å². The molecule has 1 aromatic rings. The summed E-state index contributed by atoms with van der Waals surface area (Å²) >= 11 is 0. The van der Waals surface area contributed by atoms with Crippen LogP contribution in [0.3, 0.4) is 0 Å². The lowest BCUT2D eigenvalue weighted by atomic mass is 9.96. The first-order valence-corrected chi connectivity index (χ1v) is 11.5. The van der Waals surface area contributed by atoms with Gasteiger partial charge in [0, 0.05) is 58.2 Å². The second kappa shape index (κ2) is 9.77. The highest BCUT2D eigenvalue weighted by Gasteiger charge is 2.27. The minimum atomic E-state index is -3.37. The Morgan fingerprint density at radius 2 is 1.78 bits per heavy atom. The van der Waals surface area contributed by atoms with E-state index in [9.17, 15) is 8.42 Å². The molecule has 27 heavy (non-hydrogen) atoms. The van der Waals surface area contributed by atoms with Crippen LogP contribution in [-0.4, -0.2) is 79.9 Å². The summed E-state index contributed by atoms with van der Waals surface area (Å²) in [6, 6.07) is 1.98. The lowest BCUT2D eigenvalue weighted by molar-refractivity contribution is 0.253. The van der Waals surface area contributed by atoms with Crippen LogP contribution in [0.15, 0.2) is 18.5 Å². The monoisotopic (exact) mass is 396 g/mol. The van der Waals surface area contributed by atoms with Gasteiger partial charge in [-0.1, -0.05) is 19.3 Å². The summed E-state index contributed by atoms with van der Waals surface area (Å²) in [6.45, 7) is 5.10. The Balaban J connectivity index is 1.34. The minimum absolute atomic E-state index is 0.157. The minimum Gasteiger partial charge on any atom is -0.338 e. The first kappa shape index (κ1) is 20.4. The highest BCUT2D eigenvalue weighted by atomic mass is 32.2. The fourth-order valence-corrected chi connectivity index (χ4v) is 5.08. The molecule has 2 aliphatic rings. The Labute approximate surface area is 163 Å². The summed E-state index contributed by atoms with van der Waals surface area (Å²) in [5.41, 5.74) is 0. The highest BCUT2D eigenvalue weighted by molar-refractivity contribution is 7.87. The number of anilines is 1. The zero-order valence-corrected chi connectivity index (χ0v) is 17.1. The Morgan fingerprint density at radius 1 is 1.11 bits per heavy atom. The Kier molecular flexibility index (Phi) is 7.40. The maximum atomic E-state index is 12.5. The molecule has 152 valence electrons. The molecule has 1 saturated heterocycles. The van der Waals surface area contributed by atoms with Crippen molar-refractivity contribution in [3.63, 3.8) is 0 Å². The van der Waals surface area contributed by atoms with E-state index in [-0.39, 0.29) is 6.04 Å². The largest absolute Gasteiger partial charge is 0.338 e. The molecule has 0 aromatic carbocycles. The van der Waals surface area contributed by atoms with E-state index < -0.39 is 10.2 Å². The zero-order chi connectivity index (χ0) is 19.1. The molecular formula is C18H32N6O2S. The van der Waals surface area contributed by atoms with Gasteiger partial charge in [-0.05, 0) is 31.9 Å². The molecule has 1 aliphatic heterocycles. The molecule has 1 aliphatic carbocycles. The van der Waals surface area contributed by atoms with E-state index in [1.165, 1.54) is 6.42 Å². The fourth-order valence-electron chi connectivity index (χ4n) is 3.87. The standard InChI is InChI=1S/C18H32N6O2S/c1-22(17-7-3-2-4-8-17)27(25,26)21-11-6-12-23-13-15-24(16-14-23)18-19-9-5-10-20-18/h5,9-10,17,21H,2-4,6-8,11-16H2,1H3. The van der Waals surface area contributed by atoms with Crippen LogP contribution in [0.2, 0.25) is 0 Å². The lowest BCUT2D eigenvalue weighted by Crippen LogP contribution is -2.48. The van der Waals surface area contributed by atoms with Gasteiger partial charge in [0.1, 0.15) is 0 Å². The van der Waals surface area contributed by atoms with Crippen LogP contribution in [0, 0.1) is 0 Å². The van der Waals surface area contributed by atoms with Crippen LogP contribution >= 0.6 is 0 Å². The van der Waals surface area contributed by atoms with Crippen molar-refractivity contribution in [1.29, 1.82) is 0 Å². The summed E-state index contributed by atoms with van der Waals surface area (Å²) in [6.07, 6.45) is 9.80. The second-order valence-corrected chi connectivity index (χ2v) is 9.25. The fraction of sp³-hybridized carbons (Fsp3) is 0.778. The third kappa shape index (κ3) is 5.84. The van der Waals surface area contributed by atoms with E-state index in [2.05, 4.69) is 24.5 Å². The average Bonchev–Trinajstić information content (AvgIpc) is 2.72. The average molecular weight is 397 g/mol. The predicted molar refractivity (Wildman–Crippen MR) is 107 cm³/mol. The third-order valence-corrected chi connectivity index (χ3v) is 7.24. The first-order chi connectivity index (χ1) is 13.1. The van der Waals surface area contributed by atoms with Crippen molar-refractivity contribution < 1.29 is 8.42 Å². The van der Waals surface area contributed by atoms with Gasteiger partial charge in [-0.3, -0.25) is 4.90 Å². The van der Waals surface area contributed by atoms with Crippen LogP contribution in [0.5, 0.6) is 0 Å². The van der Waals surface area contributed by atoms with E-state index in [0.29, 0.717) is 6.54 Å². The molecule has 1 N–H and O–H groups in total. The van der Waals surface area contributed by atoms with Gasteiger partial charge in [0.15, 0.2) is 0 Å². The molecule has 1 saturated carbocycles. The van der Waals surface area contributed by atoms with Crippen molar-refractivity contribution in [2.75, 3.05) is 51.2 Å². The van der Waals surface area contributed by atoms with Gasteiger partial charge in [-0.15, -0.1) is 0 Å². The summed E-state index contributed by atoms with van der Waals surface area (Å²) in [5.74, 6) is 0.788. The van der Waals surface area contributed by atoms with Crippen LogP contribution in [-0.2, 0) is 10.2 Å². The third-order valence-electron chi connectivity index (χ3n) is 5.61. The maximum Gasteiger partial charge on any atom is 0.279 e. The molecular weight excluding hydrogens is 364 g/mol. The van der Waals surface area contributed by atoms with Crippen molar-refractivity contribution in [3.05, 3.63) is 18.5 Å². The predicted octanol–water partition coefficient (Wildman–Crippen LogP) is 1.09. The van der Waals surface area contributed by atoms with Crippen LogP contribution in [0.1, 0.15) is 38.5 Å². The number of nitrogens with zero attached hydrogens (tertiary/aromatic N) is 5. The molecule has 2 fully saturated rings. The topological polar surface area (TPSA) is 81.7 Å². The maximum absolute atomic E-state index is 12.5. The van der Waals surface area contributed by atoms with Gasteiger partial charge in [0.2, 0.25) is 5.95 Å². The highest BCUT2D eigenvalue weighted by Crippen LogP contribution is 2.22. The molecule has 0 amide bonds. The smallest absolute Gasteiger partial charge is 0.279 e. The Bertz CT molecular complexity index is 658. The summed E-state index contributed by atoms with van der Waals surface area (Å²) < 4.78 is 29.2. The van der Waals surface area contributed by atoms with Crippen molar-refractivity contribution >= 4 is 16.2 Å². The van der Waals surface area contributed by atoms with Gasteiger partial charge < -0.3 is 4.90 Å². The quantitative estimate of drug-likeness (QED) is 0.663. The van der Waals surface area contributed by atoms with Crippen LogP contribution in [0.25, 0.3) is 0 Å². The first-order valence-electron chi connectivity index (χ1n) is 10.0. The summed E-state index contributed by atoms with van der Waals surface area (Å²) in [7, 11) is -1.66. The van der Waals surface area contributed by atoms with Crippen LogP contribution < -0.4 is 9.62 Å². The zero-order valence-electron chi connectivity index (χ0n) is 16.3.